The quantitative estimate of drug-likeness (QED) is 0.333. The molecule has 206 valence electrons. The number of anilines is 1. The maximum absolute atomic E-state index is 13.3. The fourth-order valence-corrected chi connectivity index (χ4v) is 6.32. The predicted octanol–water partition coefficient (Wildman–Crippen LogP) is 5.52. The highest BCUT2D eigenvalue weighted by Gasteiger charge is 2.42. The monoisotopic (exact) mass is 573 g/mol. The summed E-state index contributed by atoms with van der Waals surface area (Å²) in [7, 11) is 0. The standard InChI is InChI=1S/C30H31N5O3S2/c1-3-19-11-13-20(14-12-19)32-29(38)25(4-2)40-30-33-23-10-6-5-9-22(23)27-34-28(37)24(35(27)30)15-16-26(36)31-18-21-8-7-17-39-21/h5-14,17,24-25H,3-4,15-16,18H2,1-2H3,(H,31,36)(H,32,38). The Bertz CT molecular complexity index is 1450. The van der Waals surface area contributed by atoms with Gasteiger partial charge in [-0.15, -0.1) is 11.3 Å². The van der Waals surface area contributed by atoms with E-state index in [1.54, 1.807) is 11.3 Å². The number of nitrogens with zero attached hydrogens (tertiary/aromatic N) is 3. The third kappa shape index (κ3) is 6.18. The number of aliphatic imine (C=N–C) groups is 2. The highest BCUT2D eigenvalue weighted by molar-refractivity contribution is 8.15. The first kappa shape index (κ1) is 27.8. The number of nitrogens with one attached hydrogen (secondary N) is 2. The molecule has 0 aliphatic carbocycles. The van der Waals surface area contributed by atoms with E-state index in [2.05, 4.69) is 22.5 Å². The molecule has 40 heavy (non-hydrogen) atoms. The van der Waals surface area contributed by atoms with Gasteiger partial charge in [0.05, 0.1) is 17.5 Å². The third-order valence-electron chi connectivity index (χ3n) is 6.83. The molecule has 2 unspecified atom stereocenters. The number of thioether (sulfide) groups is 1. The van der Waals surface area contributed by atoms with E-state index in [-0.39, 0.29) is 30.6 Å². The first-order valence-electron chi connectivity index (χ1n) is 13.4. The fraction of sp³-hybridized carbons (Fsp3) is 0.300. The minimum atomic E-state index is -0.663. The molecule has 0 bridgehead atoms. The molecule has 3 heterocycles. The Balaban J connectivity index is 1.32. The van der Waals surface area contributed by atoms with Crippen LogP contribution in [0.4, 0.5) is 11.4 Å². The van der Waals surface area contributed by atoms with Gasteiger partial charge in [0.25, 0.3) is 5.91 Å². The summed E-state index contributed by atoms with van der Waals surface area (Å²) in [6.07, 6.45) is 1.95. The van der Waals surface area contributed by atoms with Gasteiger partial charge < -0.3 is 10.6 Å². The van der Waals surface area contributed by atoms with Gasteiger partial charge in [-0.2, -0.15) is 4.99 Å². The van der Waals surface area contributed by atoms with Crippen molar-refractivity contribution in [1.29, 1.82) is 0 Å². The lowest BCUT2D eigenvalue weighted by Gasteiger charge is -2.32. The average molecular weight is 574 g/mol. The Kier molecular flexibility index (Phi) is 8.76. The SMILES string of the molecule is CCc1ccc(NC(=O)C(CC)SC2=Nc3ccccc3C3=NC(=O)C(CCC(=O)NCc4cccs4)N23)cc1. The van der Waals surface area contributed by atoms with Gasteiger partial charge in [0.15, 0.2) is 5.17 Å². The molecular formula is C30H31N5O3S2. The first-order chi connectivity index (χ1) is 19.5. The molecule has 0 saturated heterocycles. The maximum Gasteiger partial charge on any atom is 0.270 e. The lowest BCUT2D eigenvalue weighted by Crippen LogP contribution is -2.45. The minimum Gasteiger partial charge on any atom is -0.351 e. The second-order valence-corrected chi connectivity index (χ2v) is 11.7. The van der Waals surface area contributed by atoms with Crippen molar-refractivity contribution in [2.24, 2.45) is 9.98 Å². The van der Waals surface area contributed by atoms with Gasteiger partial charge in [0.2, 0.25) is 11.8 Å². The van der Waals surface area contributed by atoms with E-state index in [0.29, 0.717) is 29.7 Å². The second-order valence-electron chi connectivity index (χ2n) is 9.52. The molecule has 2 aliphatic rings. The van der Waals surface area contributed by atoms with E-state index in [0.717, 1.165) is 22.5 Å². The smallest absolute Gasteiger partial charge is 0.270 e. The minimum absolute atomic E-state index is 0.127. The van der Waals surface area contributed by atoms with E-state index in [1.165, 1.54) is 17.3 Å². The van der Waals surface area contributed by atoms with E-state index in [9.17, 15) is 14.4 Å². The zero-order chi connectivity index (χ0) is 28.1. The van der Waals surface area contributed by atoms with Gasteiger partial charge in [0.1, 0.15) is 11.9 Å². The summed E-state index contributed by atoms with van der Waals surface area (Å²) in [5.74, 6) is -0.0444. The van der Waals surface area contributed by atoms with E-state index < -0.39 is 11.3 Å². The van der Waals surface area contributed by atoms with Gasteiger partial charge in [-0.1, -0.05) is 55.9 Å². The molecule has 0 fully saturated rings. The molecule has 1 aromatic heterocycles. The Hall–Kier alpha value is -3.76. The van der Waals surface area contributed by atoms with Gasteiger partial charge in [-0.3, -0.25) is 19.3 Å². The van der Waals surface area contributed by atoms with Crippen LogP contribution in [-0.4, -0.2) is 44.9 Å². The number of carbonyl (C=O) groups excluding carboxylic acids is 3. The number of benzene rings is 2. The zero-order valence-electron chi connectivity index (χ0n) is 22.4. The van der Waals surface area contributed by atoms with Crippen molar-refractivity contribution in [3.8, 4) is 0 Å². The summed E-state index contributed by atoms with van der Waals surface area (Å²) < 4.78 is 0. The number of amidine groups is 2. The Morgan fingerprint density at radius 1 is 1.05 bits per heavy atom. The van der Waals surface area contributed by atoms with Crippen molar-refractivity contribution in [3.05, 3.63) is 82.0 Å². The number of aryl methyl sites for hydroxylation is 1. The van der Waals surface area contributed by atoms with Crippen molar-refractivity contribution in [2.75, 3.05) is 5.32 Å². The Morgan fingerprint density at radius 2 is 1.85 bits per heavy atom. The molecular weight excluding hydrogens is 542 g/mol. The van der Waals surface area contributed by atoms with E-state index in [1.807, 2.05) is 77.9 Å². The van der Waals surface area contributed by atoms with Crippen LogP contribution in [0.25, 0.3) is 0 Å². The molecule has 0 radical (unpaired) electrons. The summed E-state index contributed by atoms with van der Waals surface area (Å²) in [6, 6.07) is 18.6. The largest absolute Gasteiger partial charge is 0.351 e. The van der Waals surface area contributed by atoms with Crippen molar-refractivity contribution >= 4 is 63.2 Å². The third-order valence-corrected chi connectivity index (χ3v) is 9.04. The Labute approximate surface area is 242 Å². The topological polar surface area (TPSA) is 103 Å². The van der Waals surface area contributed by atoms with Crippen LogP contribution in [-0.2, 0) is 27.3 Å². The van der Waals surface area contributed by atoms with Gasteiger partial charge in [-0.25, -0.2) is 4.99 Å². The molecule has 2 aliphatic heterocycles. The zero-order valence-corrected chi connectivity index (χ0v) is 24.1. The van der Waals surface area contributed by atoms with Crippen LogP contribution in [0, 0.1) is 0 Å². The number of fused-ring (bicyclic) bond motifs is 3. The van der Waals surface area contributed by atoms with Crippen LogP contribution < -0.4 is 10.6 Å². The molecule has 3 amide bonds. The lowest BCUT2D eigenvalue weighted by atomic mass is 10.1. The van der Waals surface area contributed by atoms with Crippen LogP contribution in [0.3, 0.4) is 0 Å². The highest BCUT2D eigenvalue weighted by atomic mass is 32.2. The predicted molar refractivity (Wildman–Crippen MR) is 162 cm³/mol. The summed E-state index contributed by atoms with van der Waals surface area (Å²) in [6.45, 7) is 4.51. The molecule has 2 aromatic carbocycles. The van der Waals surface area contributed by atoms with Gasteiger partial charge in [-0.05, 0) is 60.5 Å². The highest BCUT2D eigenvalue weighted by Crippen LogP contribution is 2.37. The number of hydrogen-bond donors (Lipinski definition) is 2. The second kappa shape index (κ2) is 12.6. The number of amides is 3. The Morgan fingerprint density at radius 3 is 2.58 bits per heavy atom. The first-order valence-corrected chi connectivity index (χ1v) is 15.2. The van der Waals surface area contributed by atoms with Crippen molar-refractivity contribution in [3.63, 3.8) is 0 Å². The van der Waals surface area contributed by atoms with Gasteiger partial charge >= 0.3 is 0 Å². The fourth-order valence-electron chi connectivity index (χ4n) is 4.61. The molecule has 10 heteroatoms. The van der Waals surface area contributed by atoms with Crippen LogP contribution in [0.2, 0.25) is 0 Å². The number of hydrogen-bond acceptors (Lipinski definition) is 7. The molecule has 5 rings (SSSR count). The molecule has 8 nitrogen and oxygen atoms in total. The molecule has 2 N–H and O–H groups in total. The summed E-state index contributed by atoms with van der Waals surface area (Å²) >= 11 is 2.90. The summed E-state index contributed by atoms with van der Waals surface area (Å²) in [5.41, 5.74) is 3.40. The van der Waals surface area contributed by atoms with Crippen molar-refractivity contribution in [2.45, 2.75) is 57.4 Å². The van der Waals surface area contributed by atoms with Crippen molar-refractivity contribution in [1.82, 2.24) is 10.2 Å². The van der Waals surface area contributed by atoms with E-state index >= 15 is 0 Å². The summed E-state index contributed by atoms with van der Waals surface area (Å²) in [5, 5.41) is 8.00. The average Bonchev–Trinajstić information content (AvgIpc) is 3.61. The molecule has 3 aromatic rings. The van der Waals surface area contributed by atoms with Gasteiger partial charge in [0, 0.05) is 22.5 Å². The number of carbonyl (C=O) groups is 3. The molecule has 2 atom stereocenters. The maximum atomic E-state index is 13.3. The molecule has 0 spiro atoms. The van der Waals surface area contributed by atoms with Crippen LogP contribution >= 0.6 is 23.1 Å². The number of para-hydroxylation sites is 1. The lowest BCUT2D eigenvalue weighted by molar-refractivity contribution is -0.122. The normalized spacial score (nSPS) is 16.5. The van der Waals surface area contributed by atoms with Crippen LogP contribution in [0.5, 0.6) is 0 Å². The number of thiophene rings is 1. The van der Waals surface area contributed by atoms with E-state index in [4.69, 9.17) is 4.99 Å². The number of rotatable bonds is 10. The summed E-state index contributed by atoms with van der Waals surface area (Å²) in [4.78, 5) is 51.2. The van der Waals surface area contributed by atoms with Crippen molar-refractivity contribution < 1.29 is 14.4 Å². The molecule has 0 saturated carbocycles. The van der Waals surface area contributed by atoms with Crippen LogP contribution in [0.1, 0.15) is 49.1 Å². The van der Waals surface area contributed by atoms with Crippen LogP contribution in [0.15, 0.2) is 76.0 Å².